The molecule has 0 aromatic heterocycles. The van der Waals surface area contributed by atoms with Gasteiger partial charge in [-0.25, -0.2) is 17.9 Å². The van der Waals surface area contributed by atoms with Gasteiger partial charge in [-0.15, -0.1) is 0 Å². The summed E-state index contributed by atoms with van der Waals surface area (Å²) in [6.07, 6.45) is 2.65. The van der Waals surface area contributed by atoms with Crippen LogP contribution in [0.4, 0.5) is 0 Å². The molecule has 1 aromatic rings. The Morgan fingerprint density at radius 3 is 2.52 bits per heavy atom. The van der Waals surface area contributed by atoms with Gasteiger partial charge in [-0.05, 0) is 56.9 Å². The zero-order chi connectivity index (χ0) is 19.4. The third-order valence-corrected chi connectivity index (χ3v) is 5.94. The van der Waals surface area contributed by atoms with Gasteiger partial charge in [0.25, 0.3) is 5.91 Å². The van der Waals surface area contributed by atoms with Crippen molar-refractivity contribution in [2.75, 3.05) is 13.2 Å². The average Bonchev–Trinajstić information content (AvgIpc) is 3.30. The lowest BCUT2D eigenvalue weighted by Gasteiger charge is -2.14. The van der Waals surface area contributed by atoms with Crippen LogP contribution in [-0.4, -0.2) is 51.7 Å². The summed E-state index contributed by atoms with van der Waals surface area (Å²) in [6.45, 7) is 2.38. The van der Waals surface area contributed by atoms with Crippen molar-refractivity contribution in [2.24, 2.45) is 0 Å². The lowest BCUT2D eigenvalue weighted by Crippen LogP contribution is -2.37. The van der Waals surface area contributed by atoms with Crippen molar-refractivity contribution < 1.29 is 27.5 Å². The number of esters is 1. The summed E-state index contributed by atoms with van der Waals surface area (Å²) in [7, 11) is -3.68. The van der Waals surface area contributed by atoms with Gasteiger partial charge < -0.3 is 14.8 Å². The number of hydrogen-bond donors (Lipinski definition) is 2. The molecular weight excluding hydrogens is 372 g/mol. The summed E-state index contributed by atoms with van der Waals surface area (Å²) in [5.74, 6) is -1.01. The normalized spacial score (nSPS) is 20.9. The molecule has 2 fully saturated rings. The van der Waals surface area contributed by atoms with E-state index in [2.05, 4.69) is 10.0 Å². The molecule has 1 saturated heterocycles. The van der Waals surface area contributed by atoms with Gasteiger partial charge >= 0.3 is 5.97 Å². The zero-order valence-electron chi connectivity index (χ0n) is 15.1. The van der Waals surface area contributed by atoms with Gasteiger partial charge in [0, 0.05) is 19.2 Å². The second-order valence-corrected chi connectivity index (χ2v) is 8.61. The first kappa shape index (κ1) is 19.8. The van der Waals surface area contributed by atoms with E-state index in [9.17, 15) is 18.0 Å². The molecule has 1 amide bonds. The second kappa shape index (κ2) is 8.37. The van der Waals surface area contributed by atoms with E-state index in [0.29, 0.717) is 6.61 Å². The standard InChI is InChI=1S/C18H24N2O6S/c1-12(17(21)20-14-6-7-14)26-18(22)13-4-8-16(9-5-13)27(23,24)19-11-15-3-2-10-25-15/h4-5,8-9,12,14-15,19H,2-3,6-7,10-11H2,1H3,(H,20,21)/t12-,15+/m1/s1. The van der Waals surface area contributed by atoms with Gasteiger partial charge in [0.2, 0.25) is 10.0 Å². The molecule has 148 valence electrons. The molecule has 1 heterocycles. The molecule has 0 radical (unpaired) electrons. The summed E-state index contributed by atoms with van der Waals surface area (Å²) < 4.78 is 37.7. The number of carbonyl (C=O) groups excluding carboxylic acids is 2. The first-order valence-corrected chi connectivity index (χ1v) is 10.6. The molecule has 1 aromatic carbocycles. The molecule has 1 aliphatic carbocycles. The number of sulfonamides is 1. The number of rotatable bonds is 8. The highest BCUT2D eigenvalue weighted by atomic mass is 32.2. The van der Waals surface area contributed by atoms with E-state index in [-0.39, 0.29) is 35.1 Å². The fraction of sp³-hybridized carbons (Fsp3) is 0.556. The summed E-state index contributed by atoms with van der Waals surface area (Å²) in [5, 5.41) is 2.76. The Labute approximate surface area is 158 Å². The Kier molecular flexibility index (Phi) is 6.13. The highest BCUT2D eigenvalue weighted by Gasteiger charge is 2.27. The van der Waals surface area contributed by atoms with Crippen molar-refractivity contribution in [1.29, 1.82) is 0 Å². The molecule has 0 spiro atoms. The highest BCUT2D eigenvalue weighted by molar-refractivity contribution is 7.89. The Morgan fingerprint density at radius 1 is 1.22 bits per heavy atom. The molecule has 1 aliphatic heterocycles. The largest absolute Gasteiger partial charge is 0.449 e. The van der Waals surface area contributed by atoms with Crippen LogP contribution in [0.3, 0.4) is 0 Å². The van der Waals surface area contributed by atoms with Crippen molar-refractivity contribution >= 4 is 21.9 Å². The van der Waals surface area contributed by atoms with Crippen LogP contribution in [-0.2, 0) is 24.3 Å². The molecule has 3 rings (SSSR count). The molecular formula is C18H24N2O6S. The SMILES string of the molecule is C[C@@H](OC(=O)c1ccc(S(=O)(=O)NC[C@@H]2CCCO2)cc1)C(=O)NC1CC1. The third kappa shape index (κ3) is 5.50. The van der Waals surface area contributed by atoms with E-state index >= 15 is 0 Å². The minimum Gasteiger partial charge on any atom is -0.449 e. The maximum absolute atomic E-state index is 12.3. The molecule has 0 bridgehead atoms. The minimum absolute atomic E-state index is 0.0524. The topological polar surface area (TPSA) is 111 Å². The quantitative estimate of drug-likeness (QED) is 0.634. The Bertz CT molecular complexity index is 783. The molecule has 1 saturated carbocycles. The maximum Gasteiger partial charge on any atom is 0.338 e. The van der Waals surface area contributed by atoms with Crippen LogP contribution in [0, 0.1) is 0 Å². The van der Waals surface area contributed by atoms with Crippen LogP contribution in [0.5, 0.6) is 0 Å². The highest BCUT2D eigenvalue weighted by Crippen LogP contribution is 2.19. The summed E-state index contributed by atoms with van der Waals surface area (Å²) >= 11 is 0. The fourth-order valence-corrected chi connectivity index (χ4v) is 3.76. The molecule has 27 heavy (non-hydrogen) atoms. The van der Waals surface area contributed by atoms with E-state index in [4.69, 9.17) is 9.47 Å². The van der Waals surface area contributed by atoms with Gasteiger partial charge in [-0.3, -0.25) is 4.79 Å². The average molecular weight is 396 g/mol. The second-order valence-electron chi connectivity index (χ2n) is 6.84. The molecule has 9 heteroatoms. The predicted octanol–water partition coefficient (Wildman–Crippen LogP) is 0.968. The number of amides is 1. The van der Waals surface area contributed by atoms with E-state index in [0.717, 1.165) is 25.7 Å². The number of ether oxygens (including phenoxy) is 2. The zero-order valence-corrected chi connectivity index (χ0v) is 16.0. The Morgan fingerprint density at radius 2 is 1.93 bits per heavy atom. The summed E-state index contributed by atoms with van der Waals surface area (Å²) in [6, 6.07) is 5.60. The first-order chi connectivity index (χ1) is 12.8. The predicted molar refractivity (Wildman–Crippen MR) is 96.6 cm³/mol. The molecule has 2 aliphatic rings. The van der Waals surface area contributed by atoms with Crippen LogP contribution in [0.15, 0.2) is 29.2 Å². The molecule has 0 unspecified atom stereocenters. The van der Waals surface area contributed by atoms with Gasteiger partial charge in [0.1, 0.15) is 0 Å². The lowest BCUT2D eigenvalue weighted by atomic mass is 10.2. The van der Waals surface area contributed by atoms with Crippen molar-refractivity contribution in [3.63, 3.8) is 0 Å². The van der Waals surface area contributed by atoms with Gasteiger partial charge in [-0.2, -0.15) is 0 Å². The molecule has 8 nitrogen and oxygen atoms in total. The number of carbonyl (C=O) groups is 2. The van der Waals surface area contributed by atoms with Crippen molar-refractivity contribution in [3.05, 3.63) is 29.8 Å². The van der Waals surface area contributed by atoms with Crippen molar-refractivity contribution in [1.82, 2.24) is 10.0 Å². The minimum atomic E-state index is -3.68. The van der Waals surface area contributed by atoms with Crippen LogP contribution < -0.4 is 10.0 Å². The lowest BCUT2D eigenvalue weighted by molar-refractivity contribution is -0.129. The maximum atomic E-state index is 12.3. The van der Waals surface area contributed by atoms with Crippen LogP contribution >= 0.6 is 0 Å². The number of hydrogen-bond acceptors (Lipinski definition) is 6. The number of nitrogens with one attached hydrogen (secondary N) is 2. The van der Waals surface area contributed by atoms with E-state index in [1.165, 1.54) is 31.2 Å². The third-order valence-electron chi connectivity index (χ3n) is 4.50. The summed E-state index contributed by atoms with van der Waals surface area (Å²) in [4.78, 5) is 24.0. The van der Waals surface area contributed by atoms with Crippen LogP contribution in [0.25, 0.3) is 0 Å². The van der Waals surface area contributed by atoms with Crippen LogP contribution in [0.1, 0.15) is 43.0 Å². The first-order valence-electron chi connectivity index (χ1n) is 9.08. The fourth-order valence-electron chi connectivity index (χ4n) is 2.69. The van der Waals surface area contributed by atoms with E-state index in [1.807, 2.05) is 0 Å². The van der Waals surface area contributed by atoms with E-state index < -0.39 is 22.1 Å². The molecule has 2 atom stereocenters. The van der Waals surface area contributed by atoms with Crippen LogP contribution in [0.2, 0.25) is 0 Å². The van der Waals surface area contributed by atoms with Crippen molar-refractivity contribution in [3.8, 4) is 0 Å². The van der Waals surface area contributed by atoms with Gasteiger partial charge in [0.05, 0.1) is 16.6 Å². The molecule has 2 N–H and O–H groups in total. The van der Waals surface area contributed by atoms with Gasteiger partial charge in [-0.1, -0.05) is 0 Å². The Hall–Kier alpha value is -1.97. The number of benzene rings is 1. The Balaban J connectivity index is 1.54. The monoisotopic (exact) mass is 396 g/mol. The smallest absolute Gasteiger partial charge is 0.338 e. The van der Waals surface area contributed by atoms with Gasteiger partial charge in [0.15, 0.2) is 6.10 Å². The summed E-state index contributed by atoms with van der Waals surface area (Å²) in [5.41, 5.74) is 0.180. The van der Waals surface area contributed by atoms with E-state index in [1.54, 1.807) is 0 Å². The van der Waals surface area contributed by atoms with Crippen molar-refractivity contribution in [2.45, 2.75) is 55.8 Å².